The smallest absolute Gasteiger partial charge is 0.281 e. The van der Waals surface area contributed by atoms with Gasteiger partial charge in [-0.3, -0.25) is 15.0 Å². The van der Waals surface area contributed by atoms with Gasteiger partial charge in [0.15, 0.2) is 0 Å². The van der Waals surface area contributed by atoms with E-state index >= 15 is 0 Å². The van der Waals surface area contributed by atoms with Gasteiger partial charge in [0.1, 0.15) is 5.71 Å². The molecule has 0 aliphatic carbocycles. The second-order valence-corrected chi connectivity index (χ2v) is 2.80. The highest BCUT2D eigenvalue weighted by Gasteiger charge is 2.09. The molecule has 2 amide bonds. The molecule has 0 saturated carbocycles. The van der Waals surface area contributed by atoms with Crippen LogP contribution in [-0.2, 0) is 9.59 Å². The molecule has 4 N–H and O–H groups in total. The van der Waals surface area contributed by atoms with Crippen molar-refractivity contribution in [3.8, 4) is 0 Å². The van der Waals surface area contributed by atoms with Gasteiger partial charge in [0.2, 0.25) is 5.91 Å². The van der Waals surface area contributed by atoms with Crippen molar-refractivity contribution in [2.24, 2.45) is 10.9 Å². The summed E-state index contributed by atoms with van der Waals surface area (Å²) in [5.74, 6) is 4.18. The topological polar surface area (TPSA) is 96.6 Å². The molecule has 6 nitrogen and oxygen atoms in total. The van der Waals surface area contributed by atoms with Gasteiger partial charge in [0.05, 0.1) is 0 Å². The van der Waals surface area contributed by atoms with Gasteiger partial charge in [-0.1, -0.05) is 13.3 Å². The lowest BCUT2D eigenvalue weighted by Crippen LogP contribution is -2.37. The molecule has 0 aromatic heterocycles. The molecule has 0 radical (unpaired) electrons. The first-order valence-corrected chi connectivity index (χ1v) is 4.45. The maximum Gasteiger partial charge on any atom is 0.281 e. The van der Waals surface area contributed by atoms with Gasteiger partial charge in [-0.05, 0) is 12.8 Å². The highest BCUT2D eigenvalue weighted by atomic mass is 16.2. The van der Waals surface area contributed by atoms with Gasteiger partial charge < -0.3 is 0 Å². The molecular weight excluding hydrogens is 184 g/mol. The Kier molecular flexibility index (Phi) is 6.30. The van der Waals surface area contributed by atoms with E-state index in [1.54, 1.807) is 0 Å². The Morgan fingerprint density at radius 2 is 2.07 bits per heavy atom. The lowest BCUT2D eigenvalue weighted by molar-refractivity contribution is -0.118. The van der Waals surface area contributed by atoms with E-state index in [0.29, 0.717) is 6.42 Å². The zero-order valence-electron chi connectivity index (χ0n) is 8.46. The van der Waals surface area contributed by atoms with E-state index in [4.69, 9.17) is 5.84 Å². The fraction of sp³-hybridized carbons (Fsp3) is 0.625. The standard InChI is InChI=1S/C8H16N4O2/c1-3-4-5-7(8(14)10-9)12-11-6(2)13/h3-5,9H2,1-2H3,(H,10,14)(H,11,13). The number of hydrazone groups is 1. The van der Waals surface area contributed by atoms with Crippen molar-refractivity contribution in [1.29, 1.82) is 0 Å². The molecule has 0 fully saturated rings. The minimum atomic E-state index is -0.466. The van der Waals surface area contributed by atoms with E-state index in [1.165, 1.54) is 6.92 Å². The number of carbonyl (C=O) groups is 2. The Hall–Kier alpha value is -1.43. The molecule has 0 spiro atoms. The minimum absolute atomic E-state index is 0.240. The maximum absolute atomic E-state index is 11.1. The Morgan fingerprint density at radius 3 is 2.50 bits per heavy atom. The Labute approximate surface area is 82.9 Å². The summed E-state index contributed by atoms with van der Waals surface area (Å²) in [5.41, 5.74) is 4.42. The molecule has 80 valence electrons. The van der Waals surface area contributed by atoms with Crippen LogP contribution in [0, 0.1) is 0 Å². The third-order valence-electron chi connectivity index (χ3n) is 1.51. The van der Waals surface area contributed by atoms with Gasteiger partial charge >= 0.3 is 0 Å². The number of amides is 2. The third-order valence-corrected chi connectivity index (χ3v) is 1.51. The Balaban J connectivity index is 4.29. The van der Waals surface area contributed by atoms with Crippen LogP contribution in [0.1, 0.15) is 33.1 Å². The second kappa shape index (κ2) is 7.02. The summed E-state index contributed by atoms with van der Waals surface area (Å²) in [6.07, 6.45) is 2.27. The monoisotopic (exact) mass is 200 g/mol. The van der Waals surface area contributed by atoms with Crippen molar-refractivity contribution in [3.63, 3.8) is 0 Å². The summed E-state index contributed by atoms with van der Waals surface area (Å²) in [6, 6.07) is 0. The number of hydrogen-bond acceptors (Lipinski definition) is 4. The molecule has 0 aliphatic rings. The molecule has 14 heavy (non-hydrogen) atoms. The molecule has 0 heterocycles. The fourth-order valence-corrected chi connectivity index (χ4v) is 0.794. The summed E-state index contributed by atoms with van der Waals surface area (Å²) in [6.45, 7) is 3.32. The largest absolute Gasteiger partial charge is 0.289 e. The number of rotatable bonds is 5. The Bertz CT molecular complexity index is 237. The predicted molar refractivity (Wildman–Crippen MR) is 53.1 cm³/mol. The number of nitrogens with zero attached hydrogens (tertiary/aromatic N) is 1. The van der Waals surface area contributed by atoms with Gasteiger partial charge in [0, 0.05) is 6.92 Å². The number of hydrogen-bond donors (Lipinski definition) is 3. The molecule has 0 bridgehead atoms. The molecule has 6 heteroatoms. The van der Waals surface area contributed by atoms with Crippen LogP contribution in [0.2, 0.25) is 0 Å². The van der Waals surface area contributed by atoms with Crippen molar-refractivity contribution < 1.29 is 9.59 Å². The second-order valence-electron chi connectivity index (χ2n) is 2.80. The molecule has 0 aliphatic heterocycles. The van der Waals surface area contributed by atoms with E-state index in [1.807, 2.05) is 12.3 Å². The summed E-state index contributed by atoms with van der Waals surface area (Å²) < 4.78 is 0. The van der Waals surface area contributed by atoms with Gasteiger partial charge in [-0.15, -0.1) is 0 Å². The summed E-state index contributed by atoms with van der Waals surface area (Å²) >= 11 is 0. The van der Waals surface area contributed by atoms with E-state index < -0.39 is 5.91 Å². The highest BCUT2D eigenvalue weighted by molar-refractivity contribution is 6.38. The minimum Gasteiger partial charge on any atom is -0.289 e. The summed E-state index contributed by atoms with van der Waals surface area (Å²) in [7, 11) is 0. The van der Waals surface area contributed by atoms with Crippen LogP contribution in [0.5, 0.6) is 0 Å². The van der Waals surface area contributed by atoms with Crippen molar-refractivity contribution in [2.75, 3.05) is 0 Å². The molecule has 0 saturated heterocycles. The zero-order chi connectivity index (χ0) is 11.0. The maximum atomic E-state index is 11.1. The third kappa shape index (κ3) is 5.26. The summed E-state index contributed by atoms with van der Waals surface area (Å²) in [4.78, 5) is 21.7. The van der Waals surface area contributed by atoms with Crippen LogP contribution < -0.4 is 16.7 Å². The van der Waals surface area contributed by atoms with Gasteiger partial charge in [0.25, 0.3) is 5.91 Å². The molecule has 0 aromatic rings. The number of nitrogens with two attached hydrogens (primary N) is 1. The van der Waals surface area contributed by atoms with Crippen LogP contribution in [0.15, 0.2) is 5.10 Å². The first-order chi connectivity index (χ1) is 6.61. The van der Waals surface area contributed by atoms with E-state index in [-0.39, 0.29) is 11.6 Å². The summed E-state index contributed by atoms with van der Waals surface area (Å²) in [5, 5.41) is 3.66. The highest BCUT2D eigenvalue weighted by Crippen LogP contribution is 1.96. The van der Waals surface area contributed by atoms with Crippen LogP contribution in [0.4, 0.5) is 0 Å². The van der Waals surface area contributed by atoms with Crippen molar-refractivity contribution in [3.05, 3.63) is 0 Å². The average molecular weight is 200 g/mol. The van der Waals surface area contributed by atoms with Crippen LogP contribution >= 0.6 is 0 Å². The van der Waals surface area contributed by atoms with Crippen LogP contribution in [0.25, 0.3) is 0 Å². The van der Waals surface area contributed by atoms with Crippen LogP contribution in [-0.4, -0.2) is 17.5 Å². The first-order valence-electron chi connectivity index (χ1n) is 4.45. The molecule has 0 unspecified atom stereocenters. The SMILES string of the molecule is CCCCC(=NNC(C)=O)C(=O)NN. The van der Waals surface area contributed by atoms with Crippen molar-refractivity contribution in [2.45, 2.75) is 33.1 Å². The van der Waals surface area contributed by atoms with E-state index in [2.05, 4.69) is 10.5 Å². The van der Waals surface area contributed by atoms with E-state index in [9.17, 15) is 9.59 Å². The molecule has 0 atom stereocenters. The number of hydrazine groups is 1. The normalized spacial score (nSPS) is 10.9. The van der Waals surface area contributed by atoms with Crippen molar-refractivity contribution in [1.82, 2.24) is 10.9 Å². The van der Waals surface area contributed by atoms with Gasteiger partial charge in [-0.2, -0.15) is 5.10 Å². The quantitative estimate of drug-likeness (QED) is 0.245. The fourth-order valence-electron chi connectivity index (χ4n) is 0.794. The predicted octanol–water partition coefficient (Wildman–Crippen LogP) is -0.341. The van der Waals surface area contributed by atoms with Crippen LogP contribution in [0.3, 0.4) is 0 Å². The van der Waals surface area contributed by atoms with E-state index in [0.717, 1.165) is 12.8 Å². The lowest BCUT2D eigenvalue weighted by atomic mass is 10.2. The zero-order valence-corrected chi connectivity index (χ0v) is 8.46. The van der Waals surface area contributed by atoms with Crippen molar-refractivity contribution >= 4 is 17.5 Å². The van der Waals surface area contributed by atoms with Gasteiger partial charge in [-0.25, -0.2) is 11.3 Å². The average Bonchev–Trinajstić information content (AvgIpc) is 2.16. The molecule has 0 rings (SSSR count). The molecular formula is C8H16N4O2. The molecule has 0 aromatic carbocycles. The number of carbonyl (C=O) groups excluding carboxylic acids is 2. The first kappa shape index (κ1) is 12.6. The lowest BCUT2D eigenvalue weighted by Gasteiger charge is -2.03. The number of unbranched alkanes of at least 4 members (excludes halogenated alkanes) is 1. The Morgan fingerprint density at radius 1 is 1.43 bits per heavy atom. The number of nitrogens with one attached hydrogen (secondary N) is 2.